The number of hydrazone groups is 1. The van der Waals surface area contributed by atoms with E-state index in [2.05, 4.69) is 31.8 Å². The molecule has 0 bridgehead atoms. The van der Waals surface area contributed by atoms with E-state index in [0.29, 0.717) is 27.2 Å². The number of hydrogen-bond acceptors (Lipinski definition) is 6. The minimum Gasteiger partial charge on any atom is -0.504 e. The summed E-state index contributed by atoms with van der Waals surface area (Å²) in [4.78, 5) is 11.8. The highest BCUT2D eigenvalue weighted by atomic mass is 79.9. The number of anilines is 1. The molecule has 2 aromatic rings. The van der Waals surface area contributed by atoms with E-state index in [1.54, 1.807) is 19.2 Å². The van der Waals surface area contributed by atoms with Crippen molar-refractivity contribution in [1.82, 2.24) is 5.43 Å². The Morgan fingerprint density at radius 3 is 2.68 bits per heavy atom. The Morgan fingerprint density at radius 2 is 1.96 bits per heavy atom. The standard InChI is InChI=1S/C17H18BrN3O4/c1-24-15-6-4-3-5-13(15)19-10-17(23)21-20-9-11-7-14(22)16(25-2)8-12(11)18/h3-9,19,22H,10H2,1-2H3,(H,21,23)/b20-9-. The van der Waals surface area contributed by atoms with Gasteiger partial charge in [0, 0.05) is 10.0 Å². The van der Waals surface area contributed by atoms with E-state index in [9.17, 15) is 9.90 Å². The Morgan fingerprint density at radius 1 is 1.24 bits per heavy atom. The van der Waals surface area contributed by atoms with Crippen molar-refractivity contribution >= 4 is 33.7 Å². The molecule has 0 unspecified atom stereocenters. The molecule has 1 amide bonds. The molecule has 0 saturated heterocycles. The summed E-state index contributed by atoms with van der Waals surface area (Å²) >= 11 is 3.35. The van der Waals surface area contributed by atoms with E-state index in [0.717, 1.165) is 0 Å². The second kappa shape index (κ2) is 8.93. The molecule has 2 rings (SSSR count). The summed E-state index contributed by atoms with van der Waals surface area (Å²) in [6.45, 7) is 0.0345. The first kappa shape index (κ1) is 18.6. The van der Waals surface area contributed by atoms with Gasteiger partial charge in [0.25, 0.3) is 5.91 Å². The Bertz CT molecular complexity index is 780. The molecule has 0 aromatic heterocycles. The quantitative estimate of drug-likeness (QED) is 0.484. The van der Waals surface area contributed by atoms with Crippen LogP contribution >= 0.6 is 15.9 Å². The van der Waals surface area contributed by atoms with E-state index in [1.165, 1.54) is 19.4 Å². The van der Waals surface area contributed by atoms with Crippen molar-refractivity contribution in [3.05, 3.63) is 46.4 Å². The van der Waals surface area contributed by atoms with Gasteiger partial charge >= 0.3 is 0 Å². The van der Waals surface area contributed by atoms with Gasteiger partial charge in [-0.15, -0.1) is 0 Å². The Hall–Kier alpha value is -2.74. The van der Waals surface area contributed by atoms with Crippen molar-refractivity contribution in [2.24, 2.45) is 5.10 Å². The summed E-state index contributed by atoms with van der Waals surface area (Å²) in [6, 6.07) is 10.4. The van der Waals surface area contributed by atoms with Gasteiger partial charge in [0.05, 0.1) is 32.7 Å². The fourth-order valence-electron chi connectivity index (χ4n) is 2.00. The minimum atomic E-state index is -0.323. The molecule has 0 heterocycles. The van der Waals surface area contributed by atoms with E-state index in [-0.39, 0.29) is 18.2 Å². The number of halogens is 1. The first-order chi connectivity index (χ1) is 12.0. The molecule has 8 heteroatoms. The first-order valence-electron chi connectivity index (χ1n) is 7.30. The monoisotopic (exact) mass is 407 g/mol. The summed E-state index contributed by atoms with van der Waals surface area (Å²) in [7, 11) is 3.03. The van der Waals surface area contributed by atoms with E-state index in [1.807, 2.05) is 18.2 Å². The van der Waals surface area contributed by atoms with Crippen molar-refractivity contribution in [3.63, 3.8) is 0 Å². The van der Waals surface area contributed by atoms with Crippen LogP contribution in [0.3, 0.4) is 0 Å². The summed E-state index contributed by atoms with van der Waals surface area (Å²) in [6.07, 6.45) is 1.42. The van der Waals surface area contributed by atoms with Crippen molar-refractivity contribution in [2.45, 2.75) is 0 Å². The Kier molecular flexibility index (Phi) is 6.64. The topological polar surface area (TPSA) is 92.2 Å². The van der Waals surface area contributed by atoms with Crippen molar-refractivity contribution < 1.29 is 19.4 Å². The van der Waals surface area contributed by atoms with Gasteiger partial charge in [-0.25, -0.2) is 5.43 Å². The molecule has 25 heavy (non-hydrogen) atoms. The zero-order chi connectivity index (χ0) is 18.2. The summed E-state index contributed by atoms with van der Waals surface area (Å²) < 4.78 is 10.9. The molecule has 132 valence electrons. The minimum absolute atomic E-state index is 0.0173. The lowest BCUT2D eigenvalue weighted by Gasteiger charge is -2.09. The average molecular weight is 408 g/mol. The van der Waals surface area contributed by atoms with Gasteiger partial charge in [-0.2, -0.15) is 5.10 Å². The largest absolute Gasteiger partial charge is 0.504 e. The lowest BCUT2D eigenvalue weighted by Crippen LogP contribution is -2.26. The predicted octanol–water partition coefficient (Wildman–Crippen LogP) is 2.73. The number of ether oxygens (including phenoxy) is 2. The van der Waals surface area contributed by atoms with Gasteiger partial charge in [0.15, 0.2) is 11.5 Å². The molecule has 3 N–H and O–H groups in total. The second-order valence-electron chi connectivity index (χ2n) is 4.89. The van der Waals surface area contributed by atoms with Crippen LogP contribution in [0.4, 0.5) is 5.69 Å². The van der Waals surface area contributed by atoms with Gasteiger partial charge in [-0.05, 0) is 40.2 Å². The lowest BCUT2D eigenvalue weighted by atomic mass is 10.2. The van der Waals surface area contributed by atoms with Crippen LogP contribution in [0.25, 0.3) is 0 Å². The molecule has 0 spiro atoms. The number of hydrogen-bond donors (Lipinski definition) is 3. The maximum atomic E-state index is 11.8. The molecule has 2 aromatic carbocycles. The smallest absolute Gasteiger partial charge is 0.259 e. The van der Waals surface area contributed by atoms with Crippen LogP contribution in [0, 0.1) is 0 Å². The Balaban J connectivity index is 1.91. The number of carbonyl (C=O) groups is 1. The molecule has 0 aliphatic carbocycles. The van der Waals surface area contributed by atoms with Crippen molar-refractivity contribution in [1.29, 1.82) is 0 Å². The number of aromatic hydroxyl groups is 1. The van der Waals surface area contributed by atoms with Gasteiger partial charge in [0.1, 0.15) is 5.75 Å². The van der Waals surface area contributed by atoms with Crippen LogP contribution in [0.2, 0.25) is 0 Å². The number of phenolic OH excluding ortho intramolecular Hbond substituents is 1. The predicted molar refractivity (Wildman–Crippen MR) is 99.6 cm³/mol. The van der Waals surface area contributed by atoms with Gasteiger partial charge < -0.3 is 19.9 Å². The SMILES string of the molecule is COc1cc(Br)c(/C=N\NC(=O)CNc2ccccc2OC)cc1O. The van der Waals surface area contributed by atoms with Crippen LogP contribution in [-0.2, 0) is 4.79 Å². The highest BCUT2D eigenvalue weighted by Gasteiger charge is 2.07. The van der Waals surface area contributed by atoms with Crippen LogP contribution in [0.15, 0.2) is 46.0 Å². The highest BCUT2D eigenvalue weighted by Crippen LogP contribution is 2.31. The third-order valence-electron chi connectivity index (χ3n) is 3.24. The van der Waals surface area contributed by atoms with Crippen molar-refractivity contribution in [2.75, 3.05) is 26.1 Å². The van der Waals surface area contributed by atoms with Gasteiger partial charge in [0.2, 0.25) is 0 Å². The number of para-hydroxylation sites is 2. The molecule has 0 radical (unpaired) electrons. The van der Waals surface area contributed by atoms with E-state index >= 15 is 0 Å². The number of nitrogens with one attached hydrogen (secondary N) is 2. The molecule has 0 atom stereocenters. The fourth-order valence-corrected chi connectivity index (χ4v) is 2.43. The van der Waals surface area contributed by atoms with Crippen LogP contribution in [0.1, 0.15) is 5.56 Å². The zero-order valence-electron chi connectivity index (χ0n) is 13.7. The number of amides is 1. The highest BCUT2D eigenvalue weighted by molar-refractivity contribution is 9.10. The fraction of sp³-hybridized carbons (Fsp3) is 0.176. The summed E-state index contributed by atoms with van der Waals surface area (Å²) in [5.41, 5.74) is 3.72. The van der Waals surface area contributed by atoms with Crippen molar-refractivity contribution in [3.8, 4) is 17.2 Å². The normalized spacial score (nSPS) is 10.5. The summed E-state index contributed by atoms with van der Waals surface area (Å²) in [5.74, 6) is 0.651. The van der Waals surface area contributed by atoms with Gasteiger partial charge in [-0.1, -0.05) is 12.1 Å². The lowest BCUT2D eigenvalue weighted by molar-refractivity contribution is -0.119. The molecule has 0 saturated carbocycles. The average Bonchev–Trinajstić information content (AvgIpc) is 2.62. The number of nitrogens with zero attached hydrogens (tertiary/aromatic N) is 1. The van der Waals surface area contributed by atoms with Crippen LogP contribution < -0.4 is 20.2 Å². The van der Waals surface area contributed by atoms with Crippen LogP contribution in [-0.4, -0.2) is 38.0 Å². The number of rotatable bonds is 7. The molecule has 0 fully saturated rings. The maximum absolute atomic E-state index is 11.8. The second-order valence-corrected chi connectivity index (χ2v) is 5.75. The van der Waals surface area contributed by atoms with Gasteiger partial charge in [-0.3, -0.25) is 4.79 Å². The summed E-state index contributed by atoms with van der Waals surface area (Å²) in [5, 5.41) is 16.6. The molecular formula is C17H18BrN3O4. The van der Waals surface area contributed by atoms with E-state index < -0.39 is 0 Å². The third kappa shape index (κ3) is 5.12. The molecule has 0 aliphatic rings. The number of benzene rings is 2. The zero-order valence-corrected chi connectivity index (χ0v) is 15.3. The Labute approximate surface area is 153 Å². The maximum Gasteiger partial charge on any atom is 0.259 e. The number of phenols is 1. The molecular weight excluding hydrogens is 390 g/mol. The number of methoxy groups -OCH3 is 2. The van der Waals surface area contributed by atoms with Crippen LogP contribution in [0.5, 0.6) is 17.2 Å². The molecule has 0 aliphatic heterocycles. The first-order valence-corrected chi connectivity index (χ1v) is 8.09. The van der Waals surface area contributed by atoms with E-state index in [4.69, 9.17) is 9.47 Å². The molecule has 7 nitrogen and oxygen atoms in total. The third-order valence-corrected chi connectivity index (χ3v) is 3.92. The number of carbonyl (C=O) groups excluding carboxylic acids is 1.